The summed E-state index contributed by atoms with van der Waals surface area (Å²) in [7, 11) is 0. The van der Waals surface area contributed by atoms with E-state index in [9.17, 15) is 9.90 Å². The molecule has 1 N–H and O–H groups in total. The fourth-order valence-corrected chi connectivity index (χ4v) is 3.75. The molecule has 4 heteroatoms. The molecule has 1 aliphatic carbocycles. The largest absolute Gasteiger partial charge is 0.503 e. The average molecular weight is 290 g/mol. The van der Waals surface area contributed by atoms with Crippen LogP contribution in [0, 0.1) is 0 Å². The van der Waals surface area contributed by atoms with E-state index in [0.717, 1.165) is 38.2 Å². The summed E-state index contributed by atoms with van der Waals surface area (Å²) in [5, 5.41) is 9.79. The molecule has 1 aromatic heterocycles. The number of aromatic nitrogens is 1. The summed E-state index contributed by atoms with van der Waals surface area (Å²) in [4.78, 5) is 14.3. The Morgan fingerprint density at radius 2 is 1.71 bits per heavy atom. The first-order valence-electron chi connectivity index (χ1n) is 8.40. The van der Waals surface area contributed by atoms with Crippen molar-refractivity contribution in [1.82, 2.24) is 9.47 Å². The molecular formula is C17H26N2O2. The minimum atomic E-state index is -0.242. The highest BCUT2D eigenvalue weighted by Gasteiger charge is 2.21. The number of likely N-dealkylation sites (tertiary alicyclic amines) is 1. The predicted molar refractivity (Wildman–Crippen MR) is 83.6 cm³/mol. The first-order valence-corrected chi connectivity index (χ1v) is 8.40. The third-order valence-electron chi connectivity index (χ3n) is 4.95. The lowest BCUT2D eigenvalue weighted by Crippen LogP contribution is -2.27. The van der Waals surface area contributed by atoms with Gasteiger partial charge < -0.3 is 9.67 Å². The van der Waals surface area contributed by atoms with E-state index in [0.29, 0.717) is 6.04 Å². The highest BCUT2D eigenvalue weighted by atomic mass is 16.3. The summed E-state index contributed by atoms with van der Waals surface area (Å²) in [6, 6.07) is 2.11. The monoisotopic (exact) mass is 290 g/mol. The molecule has 0 amide bonds. The standard InChI is InChI=1S/C17H26N2O2/c20-16-11-15(12-18-9-5-1-2-6-10-18)19(13-17(16)21)14-7-3-4-8-14/h11,13-14,21H,1-10,12H2. The summed E-state index contributed by atoms with van der Waals surface area (Å²) < 4.78 is 2.18. The van der Waals surface area contributed by atoms with Crippen LogP contribution in [0.5, 0.6) is 5.75 Å². The number of hydrogen-bond donors (Lipinski definition) is 1. The molecule has 0 aromatic carbocycles. The zero-order valence-corrected chi connectivity index (χ0v) is 12.8. The molecule has 1 saturated heterocycles. The number of aromatic hydroxyl groups is 1. The van der Waals surface area contributed by atoms with E-state index < -0.39 is 0 Å². The van der Waals surface area contributed by atoms with Gasteiger partial charge in [-0.2, -0.15) is 0 Å². The van der Waals surface area contributed by atoms with E-state index in [4.69, 9.17) is 0 Å². The molecule has 0 spiro atoms. The third kappa shape index (κ3) is 3.49. The third-order valence-corrected chi connectivity index (χ3v) is 4.95. The van der Waals surface area contributed by atoms with Gasteiger partial charge in [0.2, 0.25) is 5.43 Å². The van der Waals surface area contributed by atoms with Gasteiger partial charge in [-0.15, -0.1) is 0 Å². The van der Waals surface area contributed by atoms with E-state index in [-0.39, 0.29) is 11.2 Å². The fraction of sp³-hybridized carbons (Fsp3) is 0.706. The first kappa shape index (κ1) is 14.6. The van der Waals surface area contributed by atoms with Gasteiger partial charge in [0.1, 0.15) is 0 Å². The lowest BCUT2D eigenvalue weighted by atomic mass is 10.2. The molecule has 1 aromatic rings. The molecule has 2 fully saturated rings. The zero-order valence-electron chi connectivity index (χ0n) is 12.8. The molecule has 0 atom stereocenters. The predicted octanol–water partition coefficient (Wildman–Crippen LogP) is 3.05. The molecule has 2 aliphatic rings. The molecular weight excluding hydrogens is 264 g/mol. The van der Waals surface area contributed by atoms with Crippen LogP contribution in [0.2, 0.25) is 0 Å². The van der Waals surface area contributed by atoms with Crippen molar-refractivity contribution >= 4 is 0 Å². The van der Waals surface area contributed by atoms with Crippen LogP contribution in [-0.4, -0.2) is 27.7 Å². The van der Waals surface area contributed by atoms with Crippen LogP contribution in [-0.2, 0) is 6.54 Å². The van der Waals surface area contributed by atoms with E-state index in [1.165, 1.54) is 38.5 Å². The minimum absolute atomic E-state index is 0.110. The Morgan fingerprint density at radius 1 is 1.05 bits per heavy atom. The van der Waals surface area contributed by atoms with E-state index >= 15 is 0 Å². The van der Waals surface area contributed by atoms with Crippen LogP contribution in [0.15, 0.2) is 17.1 Å². The van der Waals surface area contributed by atoms with Crippen LogP contribution in [0.25, 0.3) is 0 Å². The minimum Gasteiger partial charge on any atom is -0.503 e. The highest BCUT2D eigenvalue weighted by Crippen LogP contribution is 2.31. The van der Waals surface area contributed by atoms with Gasteiger partial charge in [-0.3, -0.25) is 9.69 Å². The van der Waals surface area contributed by atoms with Gasteiger partial charge in [-0.25, -0.2) is 0 Å². The number of nitrogens with zero attached hydrogens (tertiary/aromatic N) is 2. The Labute approximate surface area is 126 Å². The maximum absolute atomic E-state index is 11.8. The quantitative estimate of drug-likeness (QED) is 0.930. The van der Waals surface area contributed by atoms with Crippen molar-refractivity contribution in [2.75, 3.05) is 13.1 Å². The molecule has 0 unspecified atom stereocenters. The van der Waals surface area contributed by atoms with Crippen molar-refractivity contribution in [1.29, 1.82) is 0 Å². The average Bonchev–Trinajstić information content (AvgIpc) is 2.88. The normalized spacial score (nSPS) is 21.5. The Bertz CT molecular complexity index is 524. The number of pyridine rings is 1. The van der Waals surface area contributed by atoms with Gasteiger partial charge in [0.15, 0.2) is 5.75 Å². The van der Waals surface area contributed by atoms with Crippen molar-refractivity contribution < 1.29 is 5.11 Å². The summed E-state index contributed by atoms with van der Waals surface area (Å²) >= 11 is 0. The molecule has 1 saturated carbocycles. The Kier molecular flexibility index (Phi) is 4.63. The SMILES string of the molecule is O=c1cc(CN2CCCCCC2)n(C2CCCC2)cc1O. The fourth-order valence-electron chi connectivity index (χ4n) is 3.75. The second kappa shape index (κ2) is 6.65. The molecule has 0 bridgehead atoms. The Balaban J connectivity index is 1.84. The summed E-state index contributed by atoms with van der Waals surface area (Å²) in [5.74, 6) is -0.110. The van der Waals surface area contributed by atoms with E-state index in [1.807, 2.05) is 0 Å². The summed E-state index contributed by atoms with van der Waals surface area (Å²) in [6.07, 6.45) is 11.7. The highest BCUT2D eigenvalue weighted by molar-refractivity contribution is 5.21. The lowest BCUT2D eigenvalue weighted by molar-refractivity contribution is 0.264. The molecule has 3 rings (SSSR count). The number of rotatable bonds is 3. The van der Waals surface area contributed by atoms with Crippen LogP contribution < -0.4 is 5.43 Å². The van der Waals surface area contributed by atoms with Crippen molar-refractivity contribution in [3.63, 3.8) is 0 Å². The van der Waals surface area contributed by atoms with E-state index in [2.05, 4.69) is 9.47 Å². The molecule has 2 heterocycles. The van der Waals surface area contributed by atoms with Gasteiger partial charge in [0.05, 0.1) is 6.20 Å². The van der Waals surface area contributed by atoms with Gasteiger partial charge in [0, 0.05) is 24.3 Å². The van der Waals surface area contributed by atoms with Gasteiger partial charge in [-0.1, -0.05) is 25.7 Å². The second-order valence-electron chi connectivity index (χ2n) is 6.55. The number of hydrogen-bond acceptors (Lipinski definition) is 3. The second-order valence-corrected chi connectivity index (χ2v) is 6.55. The van der Waals surface area contributed by atoms with Gasteiger partial charge in [0.25, 0.3) is 0 Å². The molecule has 21 heavy (non-hydrogen) atoms. The van der Waals surface area contributed by atoms with Crippen LogP contribution >= 0.6 is 0 Å². The van der Waals surface area contributed by atoms with E-state index in [1.54, 1.807) is 12.3 Å². The molecule has 1 aliphatic heterocycles. The van der Waals surface area contributed by atoms with Crippen LogP contribution in [0.3, 0.4) is 0 Å². The molecule has 4 nitrogen and oxygen atoms in total. The van der Waals surface area contributed by atoms with Crippen molar-refractivity contribution in [3.8, 4) is 5.75 Å². The first-order chi connectivity index (χ1) is 10.2. The van der Waals surface area contributed by atoms with Crippen molar-refractivity contribution in [2.45, 2.75) is 64.0 Å². The maximum atomic E-state index is 11.8. The van der Waals surface area contributed by atoms with Gasteiger partial charge >= 0.3 is 0 Å². The van der Waals surface area contributed by atoms with Crippen molar-refractivity contribution in [2.24, 2.45) is 0 Å². The Morgan fingerprint density at radius 3 is 2.38 bits per heavy atom. The topological polar surface area (TPSA) is 45.5 Å². The molecule has 0 radical (unpaired) electrons. The maximum Gasteiger partial charge on any atom is 0.223 e. The van der Waals surface area contributed by atoms with Crippen molar-refractivity contribution in [3.05, 3.63) is 28.2 Å². The smallest absolute Gasteiger partial charge is 0.223 e. The lowest BCUT2D eigenvalue weighted by Gasteiger charge is -2.25. The Hall–Kier alpha value is -1.29. The van der Waals surface area contributed by atoms with Crippen LogP contribution in [0.1, 0.15) is 63.1 Å². The summed E-state index contributed by atoms with van der Waals surface area (Å²) in [6.45, 7) is 3.09. The van der Waals surface area contributed by atoms with Crippen LogP contribution in [0.4, 0.5) is 0 Å². The molecule has 116 valence electrons. The summed E-state index contributed by atoms with van der Waals surface area (Å²) in [5.41, 5.74) is 0.834. The zero-order chi connectivity index (χ0) is 14.7. The van der Waals surface area contributed by atoms with Gasteiger partial charge in [-0.05, 0) is 38.8 Å².